The molecule has 0 spiro atoms. The van der Waals surface area contributed by atoms with Gasteiger partial charge in [0.05, 0.1) is 0 Å². The van der Waals surface area contributed by atoms with Crippen LogP contribution in [0.1, 0.15) is 96.9 Å². The number of nitrogens with zero attached hydrogens (tertiary/aromatic N) is 2. The maximum atomic E-state index is 6.09. The van der Waals surface area contributed by atoms with Crippen LogP contribution in [0.3, 0.4) is 0 Å². The molecule has 0 radical (unpaired) electrons. The molecule has 0 bridgehead atoms. The van der Waals surface area contributed by atoms with Gasteiger partial charge in [0.1, 0.15) is 11.2 Å². The first-order valence-electron chi connectivity index (χ1n) is 11.4. The molecule has 0 aromatic carbocycles. The summed E-state index contributed by atoms with van der Waals surface area (Å²) in [6, 6.07) is 2.09. The summed E-state index contributed by atoms with van der Waals surface area (Å²) in [5, 5.41) is 0. The summed E-state index contributed by atoms with van der Waals surface area (Å²) in [4.78, 5) is 17.2. The fourth-order valence-electron chi connectivity index (χ4n) is 3.49. The average molecular weight is 401 g/mol. The molecule has 28 heavy (non-hydrogen) atoms. The Morgan fingerprint density at radius 2 is 0.714 bits per heavy atom. The fourth-order valence-corrected chi connectivity index (χ4v) is 3.49. The molecule has 0 aromatic heterocycles. The van der Waals surface area contributed by atoms with Crippen molar-refractivity contribution >= 4 is 0 Å². The van der Waals surface area contributed by atoms with E-state index in [1.54, 1.807) is 0 Å². The molecule has 170 valence electrons. The van der Waals surface area contributed by atoms with Crippen molar-refractivity contribution < 1.29 is 9.78 Å². The topological polar surface area (TPSA) is 24.9 Å². The van der Waals surface area contributed by atoms with Gasteiger partial charge in [0.25, 0.3) is 0 Å². The van der Waals surface area contributed by atoms with Crippen molar-refractivity contribution in [1.82, 2.24) is 9.80 Å². The van der Waals surface area contributed by atoms with Gasteiger partial charge in [-0.2, -0.15) is 0 Å². The lowest BCUT2D eigenvalue weighted by molar-refractivity contribution is -0.417. The van der Waals surface area contributed by atoms with Crippen LogP contribution in [0.5, 0.6) is 0 Å². The Morgan fingerprint density at radius 1 is 0.500 bits per heavy atom. The van der Waals surface area contributed by atoms with Gasteiger partial charge in [-0.05, 0) is 83.1 Å². The average Bonchev–Trinajstić information content (AvgIpc) is 2.53. The normalized spacial score (nSPS) is 16.3. The van der Waals surface area contributed by atoms with E-state index in [2.05, 4.69) is 107 Å². The third-order valence-corrected chi connectivity index (χ3v) is 6.47. The van der Waals surface area contributed by atoms with Crippen molar-refractivity contribution in [2.45, 2.75) is 132 Å². The van der Waals surface area contributed by atoms with Crippen molar-refractivity contribution in [3.05, 3.63) is 0 Å². The monoisotopic (exact) mass is 400 g/mol. The van der Waals surface area contributed by atoms with E-state index in [9.17, 15) is 0 Å². The molecule has 4 heteroatoms. The Hall–Kier alpha value is -0.160. The number of hydrogen-bond acceptors (Lipinski definition) is 4. The van der Waals surface area contributed by atoms with E-state index >= 15 is 0 Å². The van der Waals surface area contributed by atoms with Crippen molar-refractivity contribution in [3.63, 3.8) is 0 Å². The third-order valence-electron chi connectivity index (χ3n) is 6.47. The largest absolute Gasteiger partial charge is 0.298 e. The molecule has 0 aliphatic heterocycles. The van der Waals surface area contributed by atoms with E-state index < -0.39 is 0 Å². The molecule has 0 saturated carbocycles. The molecule has 2 atom stereocenters. The smallest absolute Gasteiger partial charge is 0.102 e. The first-order valence-corrected chi connectivity index (χ1v) is 11.4. The molecule has 0 N–H and O–H groups in total. The maximum absolute atomic E-state index is 6.09. The second-order valence-electron chi connectivity index (χ2n) is 10.9. The summed E-state index contributed by atoms with van der Waals surface area (Å²) in [6.07, 6.45) is 0. The van der Waals surface area contributed by atoms with Gasteiger partial charge in [-0.1, -0.05) is 13.8 Å². The highest BCUT2D eigenvalue weighted by Gasteiger charge is 2.36. The molecular weight excluding hydrogens is 348 g/mol. The zero-order valence-electron chi connectivity index (χ0n) is 21.6. The minimum Gasteiger partial charge on any atom is -0.298 e. The Balaban J connectivity index is 4.96. The third kappa shape index (κ3) is 8.69. The van der Waals surface area contributed by atoms with Gasteiger partial charge in [0, 0.05) is 49.1 Å². The van der Waals surface area contributed by atoms with Crippen molar-refractivity contribution in [1.29, 1.82) is 0 Å². The van der Waals surface area contributed by atoms with E-state index in [1.807, 2.05) is 0 Å². The summed E-state index contributed by atoms with van der Waals surface area (Å²) in [6.45, 7) is 33.2. The molecule has 4 nitrogen and oxygen atoms in total. The molecular formula is C24H52N2O2. The molecule has 0 aliphatic carbocycles. The lowest BCUT2D eigenvalue weighted by Crippen LogP contribution is -2.49. The number of rotatable bonds is 13. The van der Waals surface area contributed by atoms with E-state index in [-0.39, 0.29) is 11.2 Å². The predicted molar refractivity (Wildman–Crippen MR) is 123 cm³/mol. The SMILES string of the molecule is CC(C)N(CC(C)C(C)(C)OOC(C)(C)C(C)CN(C(C)C)C(C)C)C(C)C. The van der Waals surface area contributed by atoms with Crippen LogP contribution >= 0.6 is 0 Å². The zero-order valence-corrected chi connectivity index (χ0v) is 21.6. The standard InChI is InChI=1S/C24H52N2O2/c1-17(2)25(18(3)4)15-21(9)23(11,12)27-28-24(13,14)22(10)16-26(19(5)6)20(7)8/h17-22H,15-16H2,1-14H3. The summed E-state index contributed by atoms with van der Waals surface area (Å²) in [5.41, 5.74) is -0.705. The van der Waals surface area contributed by atoms with E-state index in [0.29, 0.717) is 36.0 Å². The Bertz CT molecular complexity index is 374. The van der Waals surface area contributed by atoms with E-state index in [4.69, 9.17) is 9.78 Å². The van der Waals surface area contributed by atoms with Gasteiger partial charge in [0.2, 0.25) is 0 Å². The van der Waals surface area contributed by atoms with E-state index in [1.165, 1.54) is 0 Å². The lowest BCUT2D eigenvalue weighted by Gasteiger charge is -2.42. The second kappa shape index (κ2) is 11.3. The Kier molecular flexibility index (Phi) is 11.2. The van der Waals surface area contributed by atoms with Crippen LogP contribution in [0.4, 0.5) is 0 Å². The van der Waals surface area contributed by atoms with E-state index in [0.717, 1.165) is 13.1 Å². The molecule has 0 saturated heterocycles. The van der Waals surface area contributed by atoms with Gasteiger partial charge in [-0.15, -0.1) is 0 Å². The lowest BCUT2D eigenvalue weighted by atomic mass is 9.90. The Morgan fingerprint density at radius 3 is 0.893 bits per heavy atom. The molecule has 0 heterocycles. The molecule has 2 unspecified atom stereocenters. The summed E-state index contributed by atoms with van der Waals surface area (Å²) >= 11 is 0. The zero-order chi connectivity index (χ0) is 22.4. The Labute approximate surface area is 177 Å². The van der Waals surface area contributed by atoms with Crippen molar-refractivity contribution in [2.24, 2.45) is 11.8 Å². The highest BCUT2D eigenvalue weighted by molar-refractivity contribution is 4.83. The summed E-state index contributed by atoms with van der Waals surface area (Å²) in [7, 11) is 0. The molecule has 0 aromatic rings. The minimum atomic E-state index is -0.352. The highest BCUT2D eigenvalue weighted by Crippen LogP contribution is 2.30. The maximum Gasteiger partial charge on any atom is 0.102 e. The van der Waals surface area contributed by atoms with Gasteiger partial charge in [-0.3, -0.25) is 9.80 Å². The van der Waals surface area contributed by atoms with Gasteiger partial charge in [-0.25, -0.2) is 9.78 Å². The van der Waals surface area contributed by atoms with Crippen LogP contribution in [0.2, 0.25) is 0 Å². The van der Waals surface area contributed by atoms with Crippen LogP contribution in [0, 0.1) is 11.8 Å². The summed E-state index contributed by atoms with van der Waals surface area (Å²) in [5.74, 6) is 0.706. The van der Waals surface area contributed by atoms with Crippen LogP contribution in [0.15, 0.2) is 0 Å². The second-order valence-corrected chi connectivity index (χ2v) is 10.9. The van der Waals surface area contributed by atoms with Gasteiger partial charge < -0.3 is 0 Å². The molecule has 0 rings (SSSR count). The first-order chi connectivity index (χ1) is 12.5. The fraction of sp³-hybridized carbons (Fsp3) is 1.00. The minimum absolute atomic E-state index is 0.352. The van der Waals surface area contributed by atoms with Crippen molar-refractivity contribution in [2.75, 3.05) is 13.1 Å². The highest BCUT2D eigenvalue weighted by atomic mass is 17.2. The van der Waals surface area contributed by atoms with Crippen molar-refractivity contribution in [3.8, 4) is 0 Å². The van der Waals surface area contributed by atoms with Crippen LogP contribution in [-0.2, 0) is 9.78 Å². The molecule has 0 fully saturated rings. The van der Waals surface area contributed by atoms with Crippen LogP contribution in [-0.4, -0.2) is 58.3 Å². The first kappa shape index (κ1) is 27.8. The quantitative estimate of drug-likeness (QED) is 0.279. The molecule has 0 amide bonds. The summed E-state index contributed by atoms with van der Waals surface area (Å²) < 4.78 is 0. The van der Waals surface area contributed by atoms with Crippen LogP contribution in [0.25, 0.3) is 0 Å². The van der Waals surface area contributed by atoms with Gasteiger partial charge >= 0.3 is 0 Å². The van der Waals surface area contributed by atoms with Crippen LogP contribution < -0.4 is 0 Å². The number of hydrogen-bond donors (Lipinski definition) is 0. The predicted octanol–water partition coefficient (Wildman–Crippen LogP) is 6.00. The van der Waals surface area contributed by atoms with Gasteiger partial charge in [0.15, 0.2) is 0 Å². The molecule has 0 aliphatic rings.